The summed E-state index contributed by atoms with van der Waals surface area (Å²) in [6.45, 7) is -0.153. The maximum atomic E-state index is 11.2. The number of carbonyl (C=O) groups excluding carboxylic acids is 2. The largest absolute Gasteiger partial charge is 0.484 e. The van der Waals surface area contributed by atoms with Gasteiger partial charge in [0.25, 0.3) is 5.91 Å². The Hall–Kier alpha value is -3.30. The predicted octanol–water partition coefficient (Wildman–Crippen LogP) is 0.483. The molecule has 0 spiro atoms. The van der Waals surface area contributed by atoms with Gasteiger partial charge in [-0.2, -0.15) is 0 Å². The molecular weight excluding hydrogens is 306 g/mol. The van der Waals surface area contributed by atoms with Crippen LogP contribution in [0.25, 0.3) is 0 Å². The fourth-order valence-corrected chi connectivity index (χ4v) is 1.88. The predicted molar refractivity (Wildman–Crippen MR) is 89.6 cm³/mol. The van der Waals surface area contributed by atoms with Crippen molar-refractivity contribution in [2.24, 2.45) is 11.6 Å². The van der Waals surface area contributed by atoms with E-state index in [4.69, 9.17) is 16.3 Å². The molecule has 2 amide bonds. The number of amides is 2. The molecule has 2 rings (SSSR count). The quantitative estimate of drug-likeness (QED) is 0.322. The monoisotopic (exact) mass is 323 g/mol. The van der Waals surface area contributed by atoms with Crippen LogP contribution in [0.1, 0.15) is 16.7 Å². The summed E-state index contributed by atoms with van der Waals surface area (Å²) in [5.41, 5.74) is 9.61. The summed E-state index contributed by atoms with van der Waals surface area (Å²) in [6, 6.07) is 14.4. The SMILES string of the molecule is NNC(=O)Cc1ccc(C#Cc2ccc(OCC(N)=O)cc2)cc1. The summed E-state index contributed by atoms with van der Waals surface area (Å²) in [5, 5.41) is 0. The Labute approximate surface area is 139 Å². The highest BCUT2D eigenvalue weighted by Gasteiger charge is 2.00. The fourth-order valence-electron chi connectivity index (χ4n) is 1.88. The van der Waals surface area contributed by atoms with Gasteiger partial charge in [-0.25, -0.2) is 5.84 Å². The molecule has 0 heterocycles. The zero-order valence-corrected chi connectivity index (χ0v) is 12.9. The molecule has 0 bridgehead atoms. The summed E-state index contributed by atoms with van der Waals surface area (Å²) < 4.78 is 5.17. The Bertz CT molecular complexity index is 772. The van der Waals surface area contributed by atoms with E-state index in [2.05, 4.69) is 17.3 Å². The lowest BCUT2D eigenvalue weighted by atomic mass is 10.1. The molecule has 5 N–H and O–H groups in total. The normalized spacial score (nSPS) is 9.54. The van der Waals surface area contributed by atoms with Crippen LogP contribution in [-0.4, -0.2) is 18.4 Å². The van der Waals surface area contributed by atoms with Gasteiger partial charge in [0.15, 0.2) is 6.61 Å². The van der Waals surface area contributed by atoms with Gasteiger partial charge in [0, 0.05) is 11.1 Å². The van der Waals surface area contributed by atoms with Crippen LogP contribution in [0.3, 0.4) is 0 Å². The van der Waals surface area contributed by atoms with Crippen LogP contribution < -0.4 is 21.7 Å². The Morgan fingerprint density at radius 3 is 2.00 bits per heavy atom. The Morgan fingerprint density at radius 1 is 0.958 bits per heavy atom. The van der Waals surface area contributed by atoms with Crippen molar-refractivity contribution in [1.29, 1.82) is 0 Å². The molecule has 0 aliphatic rings. The van der Waals surface area contributed by atoms with Gasteiger partial charge < -0.3 is 10.5 Å². The third kappa shape index (κ3) is 5.48. The maximum Gasteiger partial charge on any atom is 0.255 e. The molecule has 24 heavy (non-hydrogen) atoms. The summed E-state index contributed by atoms with van der Waals surface area (Å²) in [5.74, 6) is 10.9. The second-order valence-corrected chi connectivity index (χ2v) is 4.97. The highest BCUT2D eigenvalue weighted by Crippen LogP contribution is 2.11. The fraction of sp³-hybridized carbons (Fsp3) is 0.111. The first-order valence-electron chi connectivity index (χ1n) is 7.18. The van der Waals surface area contributed by atoms with Crippen LogP contribution in [0, 0.1) is 11.8 Å². The van der Waals surface area contributed by atoms with Crippen molar-refractivity contribution >= 4 is 11.8 Å². The van der Waals surface area contributed by atoms with Crippen LogP contribution in [0.4, 0.5) is 0 Å². The average Bonchev–Trinajstić information content (AvgIpc) is 2.60. The zero-order chi connectivity index (χ0) is 17.4. The molecular formula is C18H17N3O3. The first kappa shape index (κ1) is 17.1. The van der Waals surface area contributed by atoms with Gasteiger partial charge in [-0.3, -0.25) is 15.0 Å². The van der Waals surface area contributed by atoms with Gasteiger partial charge in [0.2, 0.25) is 5.91 Å². The van der Waals surface area contributed by atoms with Crippen molar-refractivity contribution in [3.05, 3.63) is 65.2 Å². The second kappa shape index (κ2) is 8.36. The van der Waals surface area contributed by atoms with Crippen LogP contribution in [0.15, 0.2) is 48.5 Å². The summed E-state index contributed by atoms with van der Waals surface area (Å²) in [7, 11) is 0. The number of carbonyl (C=O) groups is 2. The van der Waals surface area contributed by atoms with E-state index < -0.39 is 5.91 Å². The van der Waals surface area contributed by atoms with Crippen molar-refractivity contribution in [3.8, 4) is 17.6 Å². The van der Waals surface area contributed by atoms with Gasteiger partial charge in [-0.05, 0) is 42.0 Å². The number of hydrogen-bond acceptors (Lipinski definition) is 4. The molecule has 2 aromatic rings. The number of rotatable bonds is 5. The molecule has 0 saturated heterocycles. The van der Waals surface area contributed by atoms with Gasteiger partial charge in [0.05, 0.1) is 6.42 Å². The standard InChI is InChI=1S/C18H17N3O3/c19-17(22)12-24-16-9-7-14(8-10-16)2-1-13-3-5-15(6-4-13)11-18(23)21-20/h3-10H,11-12,20H2,(H2,19,22)(H,21,23). The Balaban J connectivity index is 1.99. The van der Waals surface area contributed by atoms with E-state index in [1.807, 2.05) is 24.3 Å². The summed E-state index contributed by atoms with van der Waals surface area (Å²) in [4.78, 5) is 21.8. The molecule has 0 aliphatic carbocycles. The lowest BCUT2D eigenvalue weighted by molar-refractivity contribution is -0.121. The first-order valence-corrected chi connectivity index (χ1v) is 7.18. The number of nitrogens with two attached hydrogens (primary N) is 2. The molecule has 0 atom stereocenters. The molecule has 0 radical (unpaired) electrons. The van der Waals surface area contributed by atoms with E-state index >= 15 is 0 Å². The van der Waals surface area contributed by atoms with E-state index in [1.165, 1.54) is 0 Å². The maximum absolute atomic E-state index is 11.2. The topological polar surface area (TPSA) is 107 Å². The molecule has 6 heteroatoms. The third-order valence-electron chi connectivity index (χ3n) is 3.07. The number of benzene rings is 2. The van der Waals surface area contributed by atoms with E-state index in [1.54, 1.807) is 24.3 Å². The van der Waals surface area contributed by atoms with Crippen molar-refractivity contribution in [2.45, 2.75) is 6.42 Å². The number of primary amides is 1. The molecule has 6 nitrogen and oxygen atoms in total. The molecule has 0 aromatic heterocycles. The van der Waals surface area contributed by atoms with Crippen molar-refractivity contribution in [1.82, 2.24) is 5.43 Å². The van der Waals surface area contributed by atoms with E-state index in [0.717, 1.165) is 16.7 Å². The van der Waals surface area contributed by atoms with E-state index in [9.17, 15) is 9.59 Å². The lowest BCUT2D eigenvalue weighted by Gasteiger charge is -2.02. The minimum atomic E-state index is -0.522. The molecule has 0 saturated carbocycles. The van der Waals surface area contributed by atoms with Crippen LogP contribution in [0.2, 0.25) is 0 Å². The smallest absolute Gasteiger partial charge is 0.255 e. The summed E-state index contributed by atoms with van der Waals surface area (Å²) >= 11 is 0. The lowest BCUT2D eigenvalue weighted by Crippen LogP contribution is -2.31. The second-order valence-electron chi connectivity index (χ2n) is 4.97. The van der Waals surface area contributed by atoms with Crippen LogP contribution in [0.5, 0.6) is 5.75 Å². The minimum absolute atomic E-state index is 0.153. The molecule has 0 unspecified atom stereocenters. The highest BCUT2D eigenvalue weighted by atomic mass is 16.5. The molecule has 122 valence electrons. The Morgan fingerprint density at radius 2 is 1.50 bits per heavy atom. The number of hydrazine groups is 1. The minimum Gasteiger partial charge on any atom is -0.484 e. The molecule has 0 fully saturated rings. The number of ether oxygens (including phenoxy) is 1. The van der Waals surface area contributed by atoms with Crippen molar-refractivity contribution in [3.63, 3.8) is 0 Å². The van der Waals surface area contributed by atoms with E-state index in [0.29, 0.717) is 5.75 Å². The average molecular weight is 323 g/mol. The van der Waals surface area contributed by atoms with Crippen LogP contribution >= 0.6 is 0 Å². The molecule has 0 aliphatic heterocycles. The van der Waals surface area contributed by atoms with Gasteiger partial charge in [-0.15, -0.1) is 0 Å². The highest BCUT2D eigenvalue weighted by molar-refractivity contribution is 5.77. The Kier molecular flexibility index (Phi) is 5.95. The van der Waals surface area contributed by atoms with Crippen molar-refractivity contribution in [2.75, 3.05) is 6.61 Å². The first-order chi connectivity index (χ1) is 11.6. The summed E-state index contributed by atoms with van der Waals surface area (Å²) in [6.07, 6.45) is 0.233. The van der Waals surface area contributed by atoms with Gasteiger partial charge >= 0.3 is 0 Å². The zero-order valence-electron chi connectivity index (χ0n) is 12.9. The van der Waals surface area contributed by atoms with Crippen LogP contribution in [-0.2, 0) is 16.0 Å². The van der Waals surface area contributed by atoms with Gasteiger partial charge in [0.1, 0.15) is 5.75 Å². The number of hydrogen-bond donors (Lipinski definition) is 3. The van der Waals surface area contributed by atoms with Crippen molar-refractivity contribution < 1.29 is 14.3 Å². The number of nitrogens with one attached hydrogen (secondary N) is 1. The van der Waals surface area contributed by atoms with Gasteiger partial charge in [-0.1, -0.05) is 24.0 Å². The van der Waals surface area contributed by atoms with E-state index in [-0.39, 0.29) is 18.9 Å². The molecule has 2 aromatic carbocycles. The third-order valence-corrected chi connectivity index (χ3v) is 3.07.